The van der Waals surface area contributed by atoms with Crippen LogP contribution in [0.5, 0.6) is 0 Å². The average molecular weight is 427 g/mol. The lowest BCUT2D eigenvalue weighted by Crippen LogP contribution is -2.39. The van der Waals surface area contributed by atoms with Gasteiger partial charge in [-0.15, -0.1) is 10.2 Å². The highest BCUT2D eigenvalue weighted by Crippen LogP contribution is 2.29. The number of aryl methyl sites for hydroxylation is 3. The van der Waals surface area contributed by atoms with Crippen molar-refractivity contribution in [2.75, 3.05) is 18.4 Å². The number of piperidine rings is 1. The number of likely N-dealkylation sites (tertiary alicyclic amines) is 1. The van der Waals surface area contributed by atoms with Crippen LogP contribution in [0, 0.1) is 6.92 Å². The fraction of sp³-hybridized carbons (Fsp3) is 0.476. The summed E-state index contributed by atoms with van der Waals surface area (Å²) in [5.41, 5.74) is 1.63. The number of aromatic nitrogens is 4. The summed E-state index contributed by atoms with van der Waals surface area (Å²) >= 11 is 1.53. The second-order valence-electron chi connectivity index (χ2n) is 7.39. The number of pyridine rings is 1. The Bertz CT molecular complexity index is 1030. The van der Waals surface area contributed by atoms with E-state index in [9.17, 15) is 4.79 Å². The minimum atomic E-state index is -0.0837. The van der Waals surface area contributed by atoms with Gasteiger partial charge in [0.2, 0.25) is 10.9 Å². The lowest BCUT2D eigenvalue weighted by atomic mass is 9.94. The molecule has 158 valence electrons. The topological polar surface area (TPSA) is 97.0 Å². The molecule has 0 bridgehead atoms. The standard InChI is InChI=1S/C21H26N6O2S/c1-4-17-22-13(3)19(29-17)20(28)27-11-7-8-14(12-27)15-9-6-10-16(23-15)24-21-26-25-18(5-2)30-21/h6,9-10,14H,4-5,7-8,11-12H2,1-3H3,(H,23,24,26)/t14-/m1/s1. The fourth-order valence-electron chi connectivity index (χ4n) is 3.65. The third kappa shape index (κ3) is 4.35. The van der Waals surface area contributed by atoms with Crippen LogP contribution in [0.4, 0.5) is 10.9 Å². The molecule has 0 aromatic carbocycles. The van der Waals surface area contributed by atoms with Crippen molar-refractivity contribution >= 4 is 28.2 Å². The number of hydrogen-bond acceptors (Lipinski definition) is 8. The third-order valence-corrected chi connectivity index (χ3v) is 6.22. The number of carbonyl (C=O) groups is 1. The number of anilines is 2. The van der Waals surface area contributed by atoms with Crippen LogP contribution in [-0.4, -0.2) is 44.1 Å². The van der Waals surface area contributed by atoms with Crippen molar-refractivity contribution in [2.45, 2.75) is 52.4 Å². The Morgan fingerprint density at radius 2 is 2.13 bits per heavy atom. The number of nitrogens with zero attached hydrogens (tertiary/aromatic N) is 5. The van der Waals surface area contributed by atoms with Crippen molar-refractivity contribution in [2.24, 2.45) is 0 Å². The van der Waals surface area contributed by atoms with E-state index >= 15 is 0 Å². The molecule has 1 fully saturated rings. The maximum absolute atomic E-state index is 13.0. The Hall–Kier alpha value is -2.81. The Morgan fingerprint density at radius 1 is 1.27 bits per heavy atom. The molecule has 4 heterocycles. The number of carbonyl (C=O) groups excluding carboxylic acids is 1. The van der Waals surface area contributed by atoms with Gasteiger partial charge >= 0.3 is 0 Å². The van der Waals surface area contributed by atoms with E-state index in [0.717, 1.165) is 47.5 Å². The van der Waals surface area contributed by atoms with Gasteiger partial charge in [0.25, 0.3) is 5.91 Å². The van der Waals surface area contributed by atoms with Gasteiger partial charge in [-0.05, 0) is 38.3 Å². The molecule has 0 radical (unpaired) electrons. The van der Waals surface area contributed by atoms with E-state index < -0.39 is 0 Å². The van der Waals surface area contributed by atoms with Crippen LogP contribution in [0.1, 0.15) is 65.4 Å². The molecule has 30 heavy (non-hydrogen) atoms. The van der Waals surface area contributed by atoms with E-state index in [-0.39, 0.29) is 11.8 Å². The number of amides is 1. The molecule has 0 aliphatic carbocycles. The molecule has 1 atom stereocenters. The highest BCUT2D eigenvalue weighted by atomic mass is 32.1. The van der Waals surface area contributed by atoms with Gasteiger partial charge in [0.15, 0.2) is 5.89 Å². The summed E-state index contributed by atoms with van der Waals surface area (Å²) in [5.74, 6) is 1.80. The van der Waals surface area contributed by atoms with Crippen molar-refractivity contribution in [1.82, 2.24) is 25.1 Å². The molecule has 3 aromatic heterocycles. The van der Waals surface area contributed by atoms with Gasteiger partial charge in [0.05, 0.1) is 5.69 Å². The maximum atomic E-state index is 13.0. The molecule has 1 N–H and O–H groups in total. The summed E-state index contributed by atoms with van der Waals surface area (Å²) in [4.78, 5) is 24.0. The molecule has 0 spiro atoms. The number of nitrogens with one attached hydrogen (secondary N) is 1. The SMILES string of the molecule is CCc1nc(C)c(C(=O)N2CCC[C@@H](c3cccc(Nc4nnc(CC)s4)n3)C2)o1. The fourth-order valence-corrected chi connectivity index (χ4v) is 4.34. The van der Waals surface area contributed by atoms with Crippen molar-refractivity contribution in [1.29, 1.82) is 0 Å². The summed E-state index contributed by atoms with van der Waals surface area (Å²) in [6.07, 6.45) is 3.46. The summed E-state index contributed by atoms with van der Waals surface area (Å²) in [5, 5.41) is 13.3. The largest absolute Gasteiger partial charge is 0.435 e. The number of rotatable bonds is 6. The molecule has 1 aliphatic rings. The van der Waals surface area contributed by atoms with Crippen LogP contribution in [0.25, 0.3) is 0 Å². The Kier molecular flexibility index (Phi) is 6.08. The first-order chi connectivity index (χ1) is 14.6. The smallest absolute Gasteiger partial charge is 0.291 e. The lowest BCUT2D eigenvalue weighted by Gasteiger charge is -2.32. The van der Waals surface area contributed by atoms with Gasteiger partial charge < -0.3 is 14.6 Å². The number of hydrogen-bond donors (Lipinski definition) is 1. The molecule has 8 nitrogen and oxygen atoms in total. The van der Waals surface area contributed by atoms with Gasteiger partial charge in [0.1, 0.15) is 10.8 Å². The van der Waals surface area contributed by atoms with E-state index in [4.69, 9.17) is 9.40 Å². The summed E-state index contributed by atoms with van der Waals surface area (Å²) in [6, 6.07) is 5.93. The minimum Gasteiger partial charge on any atom is -0.435 e. The van der Waals surface area contributed by atoms with Crippen LogP contribution in [0.2, 0.25) is 0 Å². The summed E-state index contributed by atoms with van der Waals surface area (Å²) in [6.45, 7) is 7.19. The van der Waals surface area contributed by atoms with Gasteiger partial charge in [-0.3, -0.25) is 4.79 Å². The molecule has 3 aromatic rings. The first-order valence-corrected chi connectivity index (χ1v) is 11.2. The van der Waals surface area contributed by atoms with Crippen LogP contribution in [-0.2, 0) is 12.8 Å². The van der Waals surface area contributed by atoms with Crippen molar-refractivity contribution in [3.05, 3.63) is 46.2 Å². The molecule has 4 rings (SSSR count). The van der Waals surface area contributed by atoms with Crippen LogP contribution in [0.15, 0.2) is 22.6 Å². The average Bonchev–Trinajstić information content (AvgIpc) is 3.39. The monoisotopic (exact) mass is 426 g/mol. The zero-order chi connectivity index (χ0) is 21.1. The quantitative estimate of drug-likeness (QED) is 0.633. The molecular formula is C21H26N6O2S. The van der Waals surface area contributed by atoms with E-state index in [1.165, 1.54) is 11.3 Å². The molecule has 1 saturated heterocycles. The zero-order valence-electron chi connectivity index (χ0n) is 17.5. The van der Waals surface area contributed by atoms with Gasteiger partial charge in [-0.25, -0.2) is 9.97 Å². The second-order valence-corrected chi connectivity index (χ2v) is 8.46. The Balaban J connectivity index is 1.47. The van der Waals surface area contributed by atoms with Gasteiger partial charge in [-0.2, -0.15) is 0 Å². The normalized spacial score (nSPS) is 16.6. The highest BCUT2D eigenvalue weighted by Gasteiger charge is 2.29. The van der Waals surface area contributed by atoms with Crippen molar-refractivity contribution < 1.29 is 9.21 Å². The molecule has 1 aliphatic heterocycles. The molecular weight excluding hydrogens is 400 g/mol. The molecule has 0 saturated carbocycles. The Labute approximate surface area is 179 Å². The van der Waals surface area contributed by atoms with E-state index in [2.05, 4.69) is 27.4 Å². The predicted molar refractivity (Wildman–Crippen MR) is 115 cm³/mol. The highest BCUT2D eigenvalue weighted by molar-refractivity contribution is 7.15. The second kappa shape index (κ2) is 8.91. The zero-order valence-corrected chi connectivity index (χ0v) is 18.3. The van der Waals surface area contributed by atoms with Crippen molar-refractivity contribution in [3.8, 4) is 0 Å². The van der Waals surface area contributed by atoms with Crippen LogP contribution >= 0.6 is 11.3 Å². The van der Waals surface area contributed by atoms with Crippen molar-refractivity contribution in [3.63, 3.8) is 0 Å². The van der Waals surface area contributed by atoms with Gasteiger partial charge in [0, 0.05) is 31.1 Å². The molecule has 1 amide bonds. The number of oxazole rings is 1. The van der Waals surface area contributed by atoms with Crippen LogP contribution in [0.3, 0.4) is 0 Å². The first-order valence-electron chi connectivity index (χ1n) is 10.4. The predicted octanol–water partition coefficient (Wildman–Crippen LogP) is 4.12. The lowest BCUT2D eigenvalue weighted by molar-refractivity contribution is 0.0671. The molecule has 9 heteroatoms. The minimum absolute atomic E-state index is 0.0837. The third-order valence-electron chi connectivity index (χ3n) is 5.24. The summed E-state index contributed by atoms with van der Waals surface area (Å²) in [7, 11) is 0. The first kappa shape index (κ1) is 20.5. The van der Waals surface area contributed by atoms with E-state index in [1.807, 2.05) is 36.9 Å². The van der Waals surface area contributed by atoms with Crippen LogP contribution < -0.4 is 5.32 Å². The molecule has 0 unspecified atom stereocenters. The maximum Gasteiger partial charge on any atom is 0.291 e. The van der Waals surface area contributed by atoms with Gasteiger partial charge in [-0.1, -0.05) is 31.3 Å². The van der Waals surface area contributed by atoms with E-state index in [0.29, 0.717) is 30.3 Å². The summed E-state index contributed by atoms with van der Waals surface area (Å²) < 4.78 is 5.68. The Morgan fingerprint density at radius 3 is 2.87 bits per heavy atom. The van der Waals surface area contributed by atoms with E-state index in [1.54, 1.807) is 0 Å².